The maximum absolute atomic E-state index is 4.81. The van der Waals surface area contributed by atoms with Crippen molar-refractivity contribution >= 4 is 22.3 Å². The summed E-state index contributed by atoms with van der Waals surface area (Å²) in [4.78, 5) is 12.5. The molecule has 5 nitrogen and oxygen atoms in total. The quantitative estimate of drug-likeness (QED) is 0.839. The van der Waals surface area contributed by atoms with Crippen LogP contribution in [0.4, 0.5) is 0 Å². The largest absolute Gasteiger partial charge is 0.331 e. The normalized spacial score (nSPS) is 19.5. The lowest BCUT2D eigenvalue weighted by atomic mass is 9.97. The van der Waals surface area contributed by atoms with E-state index in [0.717, 1.165) is 44.9 Å². The summed E-state index contributed by atoms with van der Waals surface area (Å²) in [6, 6.07) is 0.156. The first-order valence-corrected chi connectivity index (χ1v) is 7.66. The molecule has 0 spiro atoms. The van der Waals surface area contributed by atoms with Gasteiger partial charge in [0.25, 0.3) is 5.71 Å². The lowest BCUT2D eigenvalue weighted by Gasteiger charge is -2.22. The zero-order valence-corrected chi connectivity index (χ0v) is 14.1. The minimum absolute atomic E-state index is 0.156. The second kappa shape index (κ2) is 5.50. The molecule has 118 valence electrons. The van der Waals surface area contributed by atoms with Crippen molar-refractivity contribution in [2.24, 2.45) is 0 Å². The molecule has 2 aromatic rings. The van der Waals surface area contributed by atoms with Crippen LogP contribution in [0.15, 0.2) is 42.8 Å². The second-order valence-corrected chi connectivity index (χ2v) is 5.90. The predicted octanol–water partition coefficient (Wildman–Crippen LogP) is 2.83. The smallest absolute Gasteiger partial charge is 0.278 e. The van der Waals surface area contributed by atoms with Gasteiger partial charge in [0, 0.05) is 11.8 Å². The van der Waals surface area contributed by atoms with Gasteiger partial charge in [-0.15, -0.1) is 4.68 Å². The topological polar surface area (TPSA) is 56.6 Å². The minimum Gasteiger partial charge on any atom is -0.331 e. The van der Waals surface area contributed by atoms with E-state index in [4.69, 9.17) is 4.98 Å². The molecule has 0 saturated carbocycles. The third-order valence-electron chi connectivity index (χ3n) is 4.40. The Morgan fingerprint density at radius 2 is 2.09 bits per heavy atom. The van der Waals surface area contributed by atoms with Crippen LogP contribution < -0.4 is 5.43 Å². The number of nitrogens with one attached hydrogen (secondary N) is 2. The molecule has 23 heavy (non-hydrogen) atoms. The van der Waals surface area contributed by atoms with Crippen LogP contribution in [0, 0.1) is 0 Å². The van der Waals surface area contributed by atoms with Crippen LogP contribution in [0.1, 0.15) is 32.2 Å². The summed E-state index contributed by atoms with van der Waals surface area (Å²) in [5, 5.41) is 0. The number of hydrogen-bond donors (Lipinski definition) is 2. The highest BCUT2D eigenvalue weighted by Crippen LogP contribution is 2.25. The summed E-state index contributed by atoms with van der Waals surface area (Å²) in [5.41, 5.74) is 10.2. The number of rotatable bonds is 2. The Kier molecular flexibility index (Phi) is 3.64. The Bertz CT molecular complexity index is 882. The number of hydrazone groups is 1. The SMILES string of the molecule is C=C1C(=C)C(C)N[N+](C)=C1c1nc2c(C(C)=CC)cncc2[nH]1. The van der Waals surface area contributed by atoms with Gasteiger partial charge in [-0.1, -0.05) is 19.2 Å². The van der Waals surface area contributed by atoms with Crippen molar-refractivity contribution in [1.29, 1.82) is 0 Å². The van der Waals surface area contributed by atoms with Gasteiger partial charge in [-0.3, -0.25) is 4.98 Å². The Hall–Kier alpha value is -2.69. The molecule has 0 fully saturated rings. The van der Waals surface area contributed by atoms with E-state index in [2.05, 4.69) is 48.5 Å². The van der Waals surface area contributed by atoms with E-state index < -0.39 is 0 Å². The van der Waals surface area contributed by atoms with Gasteiger partial charge in [0.15, 0.2) is 7.05 Å². The first-order valence-electron chi connectivity index (χ1n) is 7.66. The van der Waals surface area contributed by atoms with Crippen LogP contribution in [0.25, 0.3) is 16.6 Å². The molecule has 1 atom stereocenters. The van der Waals surface area contributed by atoms with E-state index in [-0.39, 0.29) is 6.04 Å². The van der Waals surface area contributed by atoms with Crippen molar-refractivity contribution in [2.45, 2.75) is 26.8 Å². The number of imidazole rings is 1. The summed E-state index contributed by atoms with van der Waals surface area (Å²) in [6.07, 6.45) is 5.72. The van der Waals surface area contributed by atoms with Gasteiger partial charge in [-0.2, -0.15) is 5.43 Å². The molecule has 1 aliphatic heterocycles. The van der Waals surface area contributed by atoms with Crippen LogP contribution in [0.2, 0.25) is 0 Å². The van der Waals surface area contributed by atoms with E-state index in [1.54, 1.807) is 6.20 Å². The van der Waals surface area contributed by atoms with Crippen molar-refractivity contribution in [3.05, 3.63) is 54.2 Å². The van der Waals surface area contributed by atoms with Crippen LogP contribution in [-0.4, -0.2) is 38.4 Å². The number of hydrogen-bond acceptors (Lipinski definition) is 3. The molecule has 0 saturated heterocycles. The molecule has 1 unspecified atom stereocenters. The first kappa shape index (κ1) is 15.2. The highest BCUT2D eigenvalue weighted by atomic mass is 15.4. The average Bonchev–Trinajstić information content (AvgIpc) is 2.95. The Morgan fingerprint density at radius 1 is 1.35 bits per heavy atom. The van der Waals surface area contributed by atoms with Crippen molar-refractivity contribution in [2.75, 3.05) is 7.05 Å². The molecule has 0 bridgehead atoms. The number of pyridine rings is 1. The van der Waals surface area contributed by atoms with Crippen LogP contribution in [0.5, 0.6) is 0 Å². The highest BCUT2D eigenvalue weighted by molar-refractivity contribution is 6.11. The van der Waals surface area contributed by atoms with Crippen molar-refractivity contribution in [3.63, 3.8) is 0 Å². The van der Waals surface area contributed by atoms with E-state index in [1.807, 2.05) is 24.9 Å². The van der Waals surface area contributed by atoms with E-state index in [0.29, 0.717) is 0 Å². The standard InChI is InChI=1S/C18H21N5/c1-7-10(2)14-8-19-9-15-16(14)21-18(20-15)17-12(4)11(3)13(5)22-23(17)6/h7-9,13,22H,3-4H2,1-2,5-6H3/p+1. The van der Waals surface area contributed by atoms with Gasteiger partial charge >= 0.3 is 0 Å². The molecule has 3 heterocycles. The fourth-order valence-corrected chi connectivity index (χ4v) is 2.84. The van der Waals surface area contributed by atoms with Gasteiger partial charge in [0.1, 0.15) is 6.04 Å². The molecule has 0 radical (unpaired) electrons. The molecule has 0 aliphatic carbocycles. The van der Waals surface area contributed by atoms with Crippen molar-refractivity contribution in [1.82, 2.24) is 20.4 Å². The molecule has 0 amide bonds. The number of aromatic amines is 1. The zero-order valence-electron chi connectivity index (χ0n) is 14.1. The third-order valence-corrected chi connectivity index (χ3v) is 4.40. The molecule has 0 aromatic carbocycles. The fourth-order valence-electron chi connectivity index (χ4n) is 2.84. The maximum atomic E-state index is 4.81. The second-order valence-electron chi connectivity index (χ2n) is 5.90. The summed E-state index contributed by atoms with van der Waals surface area (Å²) in [6.45, 7) is 14.5. The number of fused-ring (bicyclic) bond motifs is 1. The van der Waals surface area contributed by atoms with Gasteiger partial charge < -0.3 is 4.98 Å². The van der Waals surface area contributed by atoms with Gasteiger partial charge in [0.2, 0.25) is 5.82 Å². The number of aromatic nitrogens is 3. The number of allylic oxidation sites excluding steroid dienone is 2. The number of nitrogens with zero attached hydrogens (tertiary/aromatic N) is 3. The summed E-state index contributed by atoms with van der Waals surface area (Å²) < 4.78 is 1.95. The molecular formula is C18H22N5+. The van der Waals surface area contributed by atoms with Gasteiger partial charge in [-0.25, -0.2) is 4.98 Å². The minimum atomic E-state index is 0.156. The lowest BCUT2D eigenvalue weighted by Crippen LogP contribution is -2.45. The fraction of sp³-hybridized carbons (Fsp3) is 0.278. The Morgan fingerprint density at radius 3 is 2.78 bits per heavy atom. The van der Waals surface area contributed by atoms with E-state index in [9.17, 15) is 0 Å². The monoisotopic (exact) mass is 308 g/mol. The van der Waals surface area contributed by atoms with E-state index in [1.165, 1.54) is 0 Å². The third kappa shape index (κ3) is 2.38. The Labute approximate surface area is 136 Å². The molecular weight excluding hydrogens is 286 g/mol. The molecule has 1 aliphatic rings. The van der Waals surface area contributed by atoms with Crippen LogP contribution in [0.3, 0.4) is 0 Å². The molecule has 2 N–H and O–H groups in total. The maximum Gasteiger partial charge on any atom is 0.278 e. The summed E-state index contributed by atoms with van der Waals surface area (Å²) in [5.74, 6) is 0.770. The summed E-state index contributed by atoms with van der Waals surface area (Å²) >= 11 is 0. The Balaban J connectivity index is 2.20. The van der Waals surface area contributed by atoms with Crippen molar-refractivity contribution in [3.8, 4) is 0 Å². The number of H-pyrrole nitrogens is 1. The number of hydrazine groups is 1. The highest BCUT2D eigenvalue weighted by Gasteiger charge is 2.32. The first-order chi connectivity index (χ1) is 10.9. The van der Waals surface area contributed by atoms with E-state index >= 15 is 0 Å². The van der Waals surface area contributed by atoms with Crippen LogP contribution in [-0.2, 0) is 0 Å². The van der Waals surface area contributed by atoms with Gasteiger partial charge in [-0.05, 0) is 31.9 Å². The predicted molar refractivity (Wildman–Crippen MR) is 94.4 cm³/mol. The summed E-state index contributed by atoms with van der Waals surface area (Å²) in [7, 11) is 1.97. The van der Waals surface area contributed by atoms with Crippen LogP contribution >= 0.6 is 0 Å². The zero-order chi connectivity index (χ0) is 16.7. The molecule has 5 heteroatoms. The average molecular weight is 308 g/mol. The van der Waals surface area contributed by atoms with Crippen molar-refractivity contribution < 1.29 is 4.68 Å². The molecule has 2 aromatic heterocycles. The molecule has 3 rings (SSSR count). The van der Waals surface area contributed by atoms with Gasteiger partial charge in [0.05, 0.1) is 22.8 Å². The lowest BCUT2D eigenvalue weighted by molar-refractivity contribution is -0.565.